The molecule has 0 amide bonds. The van der Waals surface area contributed by atoms with E-state index in [1.54, 1.807) is 6.07 Å². The molecule has 1 heterocycles. The van der Waals surface area contributed by atoms with E-state index in [4.69, 9.17) is 5.26 Å². The lowest BCUT2D eigenvalue weighted by Gasteiger charge is -2.32. The Morgan fingerprint density at radius 1 is 1.42 bits per heavy atom. The molecule has 0 unspecified atom stereocenters. The molecule has 0 atom stereocenters. The first-order chi connectivity index (χ1) is 9.22. The summed E-state index contributed by atoms with van der Waals surface area (Å²) >= 11 is 0. The number of halogens is 1. The number of nitrogens with one attached hydrogen (secondary N) is 1. The third-order valence-corrected chi connectivity index (χ3v) is 3.79. The van der Waals surface area contributed by atoms with Crippen LogP contribution in [-0.4, -0.2) is 31.6 Å². The average molecular weight is 261 g/mol. The van der Waals surface area contributed by atoms with Gasteiger partial charge in [-0.1, -0.05) is 6.07 Å². The van der Waals surface area contributed by atoms with Crippen molar-refractivity contribution < 1.29 is 4.39 Å². The molecule has 1 aliphatic rings. The molecule has 3 nitrogen and oxygen atoms in total. The van der Waals surface area contributed by atoms with E-state index in [1.807, 2.05) is 7.05 Å². The highest BCUT2D eigenvalue weighted by Crippen LogP contribution is 2.20. The molecule has 4 heteroatoms. The second kappa shape index (κ2) is 6.65. The summed E-state index contributed by atoms with van der Waals surface area (Å²) in [6.45, 7) is 3.92. The zero-order chi connectivity index (χ0) is 13.7. The van der Waals surface area contributed by atoms with Crippen molar-refractivity contribution in [2.75, 3.05) is 26.7 Å². The van der Waals surface area contributed by atoms with Crippen molar-refractivity contribution in [3.8, 4) is 6.07 Å². The number of likely N-dealkylation sites (tertiary alicyclic amines) is 1. The number of benzene rings is 1. The Balaban J connectivity index is 1.94. The third kappa shape index (κ3) is 3.76. The molecule has 0 spiro atoms. The van der Waals surface area contributed by atoms with Gasteiger partial charge in [-0.05, 0) is 63.1 Å². The molecule has 0 saturated carbocycles. The van der Waals surface area contributed by atoms with Gasteiger partial charge >= 0.3 is 0 Å². The quantitative estimate of drug-likeness (QED) is 0.902. The van der Waals surface area contributed by atoms with Crippen LogP contribution in [0, 0.1) is 23.1 Å². The average Bonchev–Trinajstić information content (AvgIpc) is 2.43. The minimum Gasteiger partial charge on any atom is -0.319 e. The fourth-order valence-corrected chi connectivity index (χ4v) is 2.67. The molecule has 19 heavy (non-hydrogen) atoms. The minimum atomic E-state index is -0.340. The van der Waals surface area contributed by atoms with Gasteiger partial charge in [0.1, 0.15) is 5.82 Å². The Morgan fingerprint density at radius 3 is 2.79 bits per heavy atom. The predicted octanol–water partition coefficient (Wildman–Crippen LogP) is 2.13. The topological polar surface area (TPSA) is 39.1 Å². The van der Waals surface area contributed by atoms with Gasteiger partial charge in [0.25, 0.3) is 0 Å². The van der Waals surface area contributed by atoms with Crippen LogP contribution in [0.25, 0.3) is 0 Å². The number of hydrogen-bond acceptors (Lipinski definition) is 3. The van der Waals surface area contributed by atoms with Gasteiger partial charge in [-0.15, -0.1) is 0 Å². The lowest BCUT2D eigenvalue weighted by Crippen LogP contribution is -2.36. The zero-order valence-corrected chi connectivity index (χ0v) is 11.3. The standard InChI is InChI=1S/C15H20FN3/c1-18-10-12-4-6-19(7-5-12)11-13-2-3-15(16)8-14(13)9-17/h2-3,8,12,18H,4-7,10-11H2,1H3. The molecular weight excluding hydrogens is 241 g/mol. The van der Waals surface area contributed by atoms with Crippen molar-refractivity contribution in [3.63, 3.8) is 0 Å². The summed E-state index contributed by atoms with van der Waals surface area (Å²) in [5.74, 6) is 0.415. The monoisotopic (exact) mass is 261 g/mol. The molecule has 102 valence electrons. The van der Waals surface area contributed by atoms with Gasteiger partial charge < -0.3 is 5.32 Å². The van der Waals surface area contributed by atoms with Gasteiger partial charge in [0, 0.05) is 6.54 Å². The molecule has 1 saturated heterocycles. The zero-order valence-electron chi connectivity index (χ0n) is 11.3. The molecular formula is C15H20FN3. The smallest absolute Gasteiger partial charge is 0.124 e. The van der Waals surface area contributed by atoms with Crippen LogP contribution in [0.5, 0.6) is 0 Å². The summed E-state index contributed by atoms with van der Waals surface area (Å²) in [7, 11) is 1.99. The van der Waals surface area contributed by atoms with Crippen LogP contribution in [0.3, 0.4) is 0 Å². The number of nitriles is 1. The fraction of sp³-hybridized carbons (Fsp3) is 0.533. The van der Waals surface area contributed by atoms with E-state index in [2.05, 4.69) is 16.3 Å². The van der Waals surface area contributed by atoms with Gasteiger partial charge in [-0.3, -0.25) is 4.90 Å². The first-order valence-corrected chi connectivity index (χ1v) is 6.78. The maximum atomic E-state index is 13.1. The van der Waals surface area contributed by atoms with Gasteiger partial charge in [0.2, 0.25) is 0 Å². The van der Waals surface area contributed by atoms with Crippen LogP contribution in [0.2, 0.25) is 0 Å². The second-order valence-electron chi connectivity index (χ2n) is 5.19. The van der Waals surface area contributed by atoms with Gasteiger partial charge in [-0.2, -0.15) is 5.26 Å². The number of nitrogens with zero attached hydrogens (tertiary/aromatic N) is 2. The van der Waals surface area contributed by atoms with E-state index in [-0.39, 0.29) is 5.82 Å². The molecule has 1 N–H and O–H groups in total. The summed E-state index contributed by atoms with van der Waals surface area (Å²) in [6.07, 6.45) is 2.37. The highest BCUT2D eigenvalue weighted by atomic mass is 19.1. The summed E-state index contributed by atoms with van der Waals surface area (Å²) < 4.78 is 13.1. The van der Waals surface area contributed by atoms with Crippen LogP contribution in [-0.2, 0) is 6.54 Å². The SMILES string of the molecule is CNCC1CCN(Cc2ccc(F)cc2C#N)CC1. The maximum Gasteiger partial charge on any atom is 0.124 e. The van der Waals surface area contributed by atoms with E-state index >= 15 is 0 Å². The van der Waals surface area contributed by atoms with E-state index < -0.39 is 0 Å². The van der Waals surface area contributed by atoms with Crippen LogP contribution in [0.1, 0.15) is 24.0 Å². The summed E-state index contributed by atoms with van der Waals surface area (Å²) in [5.41, 5.74) is 1.38. The van der Waals surface area contributed by atoms with Crippen LogP contribution in [0.4, 0.5) is 4.39 Å². The lowest BCUT2D eigenvalue weighted by molar-refractivity contribution is 0.176. The molecule has 1 aromatic carbocycles. The Labute approximate surface area is 114 Å². The van der Waals surface area contributed by atoms with E-state index in [9.17, 15) is 4.39 Å². The van der Waals surface area contributed by atoms with Crippen LogP contribution >= 0.6 is 0 Å². The lowest BCUT2D eigenvalue weighted by atomic mass is 9.96. The molecule has 1 aromatic rings. The molecule has 0 aliphatic carbocycles. The summed E-state index contributed by atoms with van der Waals surface area (Å²) in [4.78, 5) is 2.35. The van der Waals surface area contributed by atoms with Crippen LogP contribution in [0.15, 0.2) is 18.2 Å². The Hall–Kier alpha value is -1.44. The second-order valence-corrected chi connectivity index (χ2v) is 5.19. The van der Waals surface area contributed by atoms with E-state index in [0.717, 1.165) is 37.7 Å². The van der Waals surface area contributed by atoms with Gasteiger partial charge in [0.15, 0.2) is 0 Å². The third-order valence-electron chi connectivity index (χ3n) is 3.79. The maximum absolute atomic E-state index is 13.1. The number of hydrogen-bond donors (Lipinski definition) is 1. The van der Waals surface area contributed by atoms with E-state index in [0.29, 0.717) is 5.56 Å². The molecule has 2 rings (SSSR count). The first-order valence-electron chi connectivity index (χ1n) is 6.78. The Kier molecular flexibility index (Phi) is 4.89. The first kappa shape index (κ1) is 14.0. The summed E-state index contributed by atoms with van der Waals surface area (Å²) in [5, 5.41) is 12.3. The molecule has 1 fully saturated rings. The Morgan fingerprint density at radius 2 is 2.16 bits per heavy atom. The molecule has 0 aromatic heterocycles. The van der Waals surface area contributed by atoms with Crippen molar-refractivity contribution >= 4 is 0 Å². The van der Waals surface area contributed by atoms with Crippen LogP contribution < -0.4 is 5.32 Å². The molecule has 0 radical (unpaired) electrons. The van der Waals surface area contributed by atoms with Crippen molar-refractivity contribution in [1.29, 1.82) is 5.26 Å². The normalized spacial score (nSPS) is 17.3. The van der Waals surface area contributed by atoms with Crippen molar-refractivity contribution in [1.82, 2.24) is 10.2 Å². The summed E-state index contributed by atoms with van der Waals surface area (Å²) in [6, 6.07) is 6.57. The molecule has 0 bridgehead atoms. The Bertz CT molecular complexity index is 459. The van der Waals surface area contributed by atoms with Gasteiger partial charge in [-0.25, -0.2) is 4.39 Å². The number of rotatable bonds is 4. The minimum absolute atomic E-state index is 0.340. The fourth-order valence-electron chi connectivity index (χ4n) is 2.67. The van der Waals surface area contributed by atoms with Crippen molar-refractivity contribution in [3.05, 3.63) is 35.1 Å². The number of piperidine rings is 1. The van der Waals surface area contributed by atoms with Crippen molar-refractivity contribution in [2.24, 2.45) is 5.92 Å². The molecule has 1 aliphatic heterocycles. The van der Waals surface area contributed by atoms with Gasteiger partial charge in [0.05, 0.1) is 11.6 Å². The highest BCUT2D eigenvalue weighted by Gasteiger charge is 2.19. The van der Waals surface area contributed by atoms with Crippen molar-refractivity contribution in [2.45, 2.75) is 19.4 Å². The highest BCUT2D eigenvalue weighted by molar-refractivity contribution is 5.37. The largest absolute Gasteiger partial charge is 0.319 e. The predicted molar refractivity (Wildman–Crippen MR) is 73.0 cm³/mol. The van der Waals surface area contributed by atoms with E-state index in [1.165, 1.54) is 25.0 Å².